The molecule has 1 rings (SSSR count). The highest BCUT2D eigenvalue weighted by atomic mass is 32.1. The number of carbonyl (C=O) groups excluding carboxylic acids is 1. The van der Waals surface area contributed by atoms with Gasteiger partial charge in [0.05, 0.1) is 22.7 Å². The zero-order valence-corrected chi connectivity index (χ0v) is 13.5. The van der Waals surface area contributed by atoms with Crippen LogP contribution in [-0.4, -0.2) is 40.1 Å². The van der Waals surface area contributed by atoms with Crippen molar-refractivity contribution in [2.75, 3.05) is 13.6 Å². The third kappa shape index (κ3) is 5.28. The number of thiazole rings is 1. The quantitative estimate of drug-likeness (QED) is 0.922. The molecular formula is C14H24N2O2S. The van der Waals surface area contributed by atoms with Crippen LogP contribution in [0.1, 0.15) is 45.3 Å². The zero-order chi connectivity index (χ0) is 14.8. The molecule has 1 heterocycles. The summed E-state index contributed by atoms with van der Waals surface area (Å²) in [5.41, 5.74) is -0.0453. The number of aromatic nitrogens is 1. The number of hydrogen-bond acceptors (Lipinski definition) is 4. The van der Waals surface area contributed by atoms with E-state index in [1.807, 2.05) is 5.38 Å². The molecule has 1 aromatic rings. The summed E-state index contributed by atoms with van der Waals surface area (Å²) in [6.45, 7) is 10.0. The Hall–Kier alpha value is -0.940. The summed E-state index contributed by atoms with van der Waals surface area (Å²) in [7, 11) is 1.71. The molecule has 0 saturated carbocycles. The van der Waals surface area contributed by atoms with Gasteiger partial charge in [0.1, 0.15) is 0 Å². The van der Waals surface area contributed by atoms with E-state index >= 15 is 0 Å². The van der Waals surface area contributed by atoms with Crippen molar-refractivity contribution in [1.82, 2.24) is 9.88 Å². The molecule has 1 amide bonds. The SMILES string of the molecule is CN(CC(C)(C)O)C(=O)Cc1csc(C(C)(C)C)n1. The summed E-state index contributed by atoms with van der Waals surface area (Å²) in [5.74, 6) is -0.0205. The topological polar surface area (TPSA) is 53.4 Å². The van der Waals surface area contributed by atoms with Crippen molar-refractivity contribution >= 4 is 17.2 Å². The molecule has 0 fully saturated rings. The lowest BCUT2D eigenvalue weighted by molar-refractivity contribution is -0.131. The van der Waals surface area contributed by atoms with E-state index in [0.717, 1.165) is 10.7 Å². The molecule has 0 saturated heterocycles. The summed E-state index contributed by atoms with van der Waals surface area (Å²) in [5, 5.41) is 12.7. The lowest BCUT2D eigenvalue weighted by Gasteiger charge is -2.25. The molecule has 0 unspecified atom stereocenters. The first-order valence-electron chi connectivity index (χ1n) is 6.40. The molecule has 1 N–H and O–H groups in total. The van der Waals surface area contributed by atoms with Crippen LogP contribution >= 0.6 is 11.3 Å². The van der Waals surface area contributed by atoms with Crippen LogP contribution in [0.2, 0.25) is 0 Å². The maximum atomic E-state index is 12.0. The predicted octanol–water partition coefficient (Wildman–Crippen LogP) is 2.21. The third-order valence-electron chi connectivity index (χ3n) is 2.58. The minimum atomic E-state index is -0.872. The van der Waals surface area contributed by atoms with E-state index in [9.17, 15) is 9.90 Å². The van der Waals surface area contributed by atoms with E-state index < -0.39 is 5.60 Å². The highest BCUT2D eigenvalue weighted by Crippen LogP contribution is 2.25. The third-order valence-corrected chi connectivity index (χ3v) is 3.89. The Labute approximate surface area is 119 Å². The van der Waals surface area contributed by atoms with Crippen LogP contribution in [0.15, 0.2) is 5.38 Å². The smallest absolute Gasteiger partial charge is 0.228 e. The maximum Gasteiger partial charge on any atom is 0.228 e. The number of hydrogen-bond donors (Lipinski definition) is 1. The van der Waals surface area contributed by atoms with Crippen LogP contribution < -0.4 is 0 Å². The summed E-state index contributed by atoms with van der Waals surface area (Å²) < 4.78 is 0. The largest absolute Gasteiger partial charge is 0.389 e. The first-order chi connectivity index (χ1) is 8.49. The van der Waals surface area contributed by atoms with Crippen molar-refractivity contribution in [2.24, 2.45) is 0 Å². The zero-order valence-electron chi connectivity index (χ0n) is 12.6. The Morgan fingerprint density at radius 1 is 1.37 bits per heavy atom. The number of amides is 1. The van der Waals surface area contributed by atoms with E-state index in [2.05, 4.69) is 25.8 Å². The van der Waals surface area contributed by atoms with Gasteiger partial charge < -0.3 is 10.0 Å². The molecule has 0 atom stereocenters. The van der Waals surface area contributed by atoms with E-state index in [0.29, 0.717) is 13.0 Å². The second kappa shape index (κ2) is 5.59. The van der Waals surface area contributed by atoms with Gasteiger partial charge in [-0.05, 0) is 13.8 Å². The van der Waals surface area contributed by atoms with Gasteiger partial charge in [0, 0.05) is 24.4 Å². The minimum Gasteiger partial charge on any atom is -0.389 e. The molecule has 19 heavy (non-hydrogen) atoms. The second-order valence-corrected chi connectivity index (χ2v) is 7.49. The highest BCUT2D eigenvalue weighted by Gasteiger charge is 2.22. The van der Waals surface area contributed by atoms with Crippen molar-refractivity contribution in [1.29, 1.82) is 0 Å². The van der Waals surface area contributed by atoms with Crippen molar-refractivity contribution in [3.8, 4) is 0 Å². The highest BCUT2D eigenvalue weighted by molar-refractivity contribution is 7.09. The summed E-state index contributed by atoms with van der Waals surface area (Å²) >= 11 is 1.59. The van der Waals surface area contributed by atoms with Crippen LogP contribution in [0.5, 0.6) is 0 Å². The summed E-state index contributed by atoms with van der Waals surface area (Å²) in [6, 6.07) is 0. The van der Waals surface area contributed by atoms with Crippen LogP contribution in [-0.2, 0) is 16.6 Å². The van der Waals surface area contributed by atoms with E-state index in [1.165, 1.54) is 0 Å². The lowest BCUT2D eigenvalue weighted by Crippen LogP contribution is -2.40. The summed E-state index contributed by atoms with van der Waals surface area (Å²) in [4.78, 5) is 18.1. The minimum absolute atomic E-state index is 0.0188. The van der Waals surface area contributed by atoms with Gasteiger partial charge in [0.15, 0.2) is 0 Å². The summed E-state index contributed by atoms with van der Waals surface area (Å²) in [6.07, 6.45) is 0.291. The molecule has 0 spiro atoms. The Morgan fingerprint density at radius 2 is 1.95 bits per heavy atom. The van der Waals surface area contributed by atoms with Crippen molar-refractivity contribution < 1.29 is 9.90 Å². The fraction of sp³-hybridized carbons (Fsp3) is 0.714. The second-order valence-electron chi connectivity index (χ2n) is 6.63. The molecule has 0 aromatic carbocycles. The number of aliphatic hydroxyl groups is 1. The molecule has 0 aliphatic carbocycles. The standard InChI is InChI=1S/C14H24N2O2S/c1-13(2,3)12-15-10(8-19-12)7-11(17)16(6)9-14(4,5)18/h8,18H,7,9H2,1-6H3. The molecular weight excluding hydrogens is 260 g/mol. The van der Waals surface area contributed by atoms with Gasteiger partial charge in [-0.15, -0.1) is 11.3 Å². The lowest BCUT2D eigenvalue weighted by atomic mass is 9.98. The van der Waals surface area contributed by atoms with E-state index in [4.69, 9.17) is 0 Å². The predicted molar refractivity (Wildman–Crippen MR) is 78.5 cm³/mol. The van der Waals surface area contributed by atoms with Gasteiger partial charge in [0.2, 0.25) is 5.91 Å². The van der Waals surface area contributed by atoms with Crippen molar-refractivity contribution in [3.63, 3.8) is 0 Å². The van der Waals surface area contributed by atoms with Crippen molar-refractivity contribution in [3.05, 3.63) is 16.1 Å². The van der Waals surface area contributed by atoms with Crippen molar-refractivity contribution in [2.45, 2.75) is 52.1 Å². The Kier molecular flexibility index (Phi) is 4.74. The Bertz CT molecular complexity index is 441. The number of likely N-dealkylation sites (N-methyl/N-ethyl adjacent to an activating group) is 1. The average molecular weight is 284 g/mol. The molecule has 108 valence electrons. The maximum absolute atomic E-state index is 12.0. The molecule has 0 aliphatic rings. The van der Waals surface area contributed by atoms with Gasteiger partial charge >= 0.3 is 0 Å². The van der Waals surface area contributed by atoms with Gasteiger partial charge in [-0.3, -0.25) is 4.79 Å². The first-order valence-corrected chi connectivity index (χ1v) is 7.28. The first kappa shape index (κ1) is 16.1. The van der Waals surface area contributed by atoms with Crippen LogP contribution in [0.3, 0.4) is 0 Å². The Balaban J connectivity index is 2.65. The van der Waals surface area contributed by atoms with Gasteiger partial charge in [-0.2, -0.15) is 0 Å². The molecule has 4 nitrogen and oxygen atoms in total. The number of nitrogens with zero attached hydrogens (tertiary/aromatic N) is 2. The van der Waals surface area contributed by atoms with Gasteiger partial charge in [0.25, 0.3) is 0 Å². The molecule has 1 aromatic heterocycles. The van der Waals surface area contributed by atoms with E-state index in [1.54, 1.807) is 37.1 Å². The van der Waals surface area contributed by atoms with Crippen LogP contribution in [0, 0.1) is 0 Å². The number of carbonyl (C=O) groups is 1. The fourth-order valence-corrected chi connectivity index (χ4v) is 2.60. The molecule has 0 bridgehead atoms. The number of rotatable bonds is 4. The molecule has 0 radical (unpaired) electrons. The fourth-order valence-electron chi connectivity index (χ4n) is 1.69. The van der Waals surface area contributed by atoms with Gasteiger partial charge in [-0.1, -0.05) is 20.8 Å². The van der Waals surface area contributed by atoms with Gasteiger partial charge in [-0.25, -0.2) is 4.98 Å². The van der Waals surface area contributed by atoms with Crippen LogP contribution in [0.25, 0.3) is 0 Å². The Morgan fingerprint density at radius 3 is 2.37 bits per heavy atom. The van der Waals surface area contributed by atoms with E-state index in [-0.39, 0.29) is 11.3 Å². The van der Waals surface area contributed by atoms with Crippen LogP contribution in [0.4, 0.5) is 0 Å². The average Bonchev–Trinajstić information content (AvgIpc) is 2.62. The normalized spacial score (nSPS) is 12.6. The monoisotopic (exact) mass is 284 g/mol. The molecule has 0 aliphatic heterocycles. The molecule has 5 heteroatoms.